The van der Waals surface area contributed by atoms with E-state index in [0.717, 1.165) is 0 Å². The fraction of sp³-hybridized carbons (Fsp3) is 0.500. The molecular formula is C12H17ClN2O3. The minimum Gasteiger partial charge on any atom is -0.478 e. The molecular weight excluding hydrogens is 256 g/mol. The number of pyridine rings is 1. The Morgan fingerprint density at radius 3 is 2.33 bits per heavy atom. The van der Waals surface area contributed by atoms with Gasteiger partial charge in [-0.25, -0.2) is 9.78 Å². The molecule has 0 atom stereocenters. The number of carboxylic acid groups (broad SMARTS) is 1. The van der Waals surface area contributed by atoms with E-state index in [9.17, 15) is 9.90 Å². The van der Waals surface area contributed by atoms with Crippen LogP contribution < -0.4 is 5.32 Å². The number of nitrogens with zero attached hydrogens (tertiary/aromatic N) is 1. The minimum absolute atomic E-state index is 0.0109. The van der Waals surface area contributed by atoms with Crippen molar-refractivity contribution in [3.63, 3.8) is 0 Å². The van der Waals surface area contributed by atoms with Crippen molar-refractivity contribution in [3.05, 3.63) is 22.8 Å². The number of anilines is 1. The first-order valence-corrected chi connectivity index (χ1v) is 5.83. The summed E-state index contributed by atoms with van der Waals surface area (Å²) >= 11 is 5.76. The Labute approximate surface area is 111 Å². The van der Waals surface area contributed by atoms with Gasteiger partial charge in [-0.3, -0.25) is 0 Å². The lowest BCUT2D eigenvalue weighted by atomic mass is 9.86. The number of carboxylic acids is 1. The first kappa shape index (κ1) is 14.7. The molecule has 100 valence electrons. The molecule has 1 aromatic heterocycles. The number of aromatic carboxylic acids is 1. The van der Waals surface area contributed by atoms with Crippen LogP contribution in [0, 0.1) is 0 Å². The molecule has 0 radical (unpaired) electrons. The Morgan fingerprint density at radius 2 is 1.89 bits per heavy atom. The van der Waals surface area contributed by atoms with Crippen molar-refractivity contribution in [3.8, 4) is 0 Å². The fourth-order valence-electron chi connectivity index (χ4n) is 1.15. The van der Waals surface area contributed by atoms with Gasteiger partial charge in [-0.15, -0.1) is 0 Å². The van der Waals surface area contributed by atoms with Crippen molar-refractivity contribution in [2.45, 2.75) is 38.8 Å². The second-order valence-electron chi connectivity index (χ2n) is 5.14. The first-order chi connectivity index (χ1) is 8.04. The summed E-state index contributed by atoms with van der Waals surface area (Å²) in [6.07, 6.45) is 0. The Morgan fingerprint density at radius 1 is 1.33 bits per heavy atom. The lowest BCUT2D eigenvalue weighted by Gasteiger charge is -2.38. The average molecular weight is 273 g/mol. The quantitative estimate of drug-likeness (QED) is 0.733. The van der Waals surface area contributed by atoms with Crippen LogP contribution in [0.25, 0.3) is 0 Å². The smallest absolute Gasteiger partial charge is 0.339 e. The average Bonchev–Trinajstić information content (AvgIpc) is 2.14. The second-order valence-corrected chi connectivity index (χ2v) is 5.53. The molecule has 0 saturated carbocycles. The third kappa shape index (κ3) is 3.11. The highest BCUT2D eigenvalue weighted by atomic mass is 35.5. The highest BCUT2D eigenvalue weighted by molar-refractivity contribution is 6.29. The van der Waals surface area contributed by atoms with Crippen LogP contribution in [0.5, 0.6) is 0 Å². The molecule has 0 aliphatic rings. The molecule has 1 aromatic rings. The van der Waals surface area contributed by atoms with Crippen molar-refractivity contribution >= 4 is 23.4 Å². The van der Waals surface area contributed by atoms with E-state index in [1.165, 1.54) is 12.1 Å². The summed E-state index contributed by atoms with van der Waals surface area (Å²) in [5, 5.41) is 22.2. The number of rotatable bonds is 4. The van der Waals surface area contributed by atoms with Crippen molar-refractivity contribution in [2.75, 3.05) is 5.32 Å². The molecule has 0 aliphatic heterocycles. The van der Waals surface area contributed by atoms with Crippen molar-refractivity contribution in [1.29, 1.82) is 0 Å². The molecule has 0 aromatic carbocycles. The van der Waals surface area contributed by atoms with Gasteiger partial charge in [-0.2, -0.15) is 0 Å². The van der Waals surface area contributed by atoms with Gasteiger partial charge in [0, 0.05) is 0 Å². The predicted molar refractivity (Wildman–Crippen MR) is 70.2 cm³/mol. The van der Waals surface area contributed by atoms with Crippen LogP contribution in [0.1, 0.15) is 38.1 Å². The highest BCUT2D eigenvalue weighted by Crippen LogP contribution is 2.27. The predicted octanol–water partition coefficient (Wildman–Crippen LogP) is 2.39. The summed E-state index contributed by atoms with van der Waals surface area (Å²) in [7, 11) is 0. The first-order valence-electron chi connectivity index (χ1n) is 5.45. The summed E-state index contributed by atoms with van der Waals surface area (Å²) in [4.78, 5) is 15.0. The maximum atomic E-state index is 11.1. The lowest BCUT2D eigenvalue weighted by Crippen LogP contribution is -2.51. The number of hydrogen-bond donors (Lipinski definition) is 3. The van der Waals surface area contributed by atoms with Gasteiger partial charge >= 0.3 is 5.97 Å². The van der Waals surface area contributed by atoms with Crippen molar-refractivity contribution in [2.24, 2.45) is 0 Å². The molecule has 1 heterocycles. The van der Waals surface area contributed by atoms with Crippen LogP contribution in [0.15, 0.2) is 12.1 Å². The maximum absolute atomic E-state index is 11.1. The number of hydrogen-bond acceptors (Lipinski definition) is 4. The van der Waals surface area contributed by atoms with Crippen LogP contribution in [-0.4, -0.2) is 32.3 Å². The Kier molecular flexibility index (Phi) is 3.88. The SMILES string of the molecule is CC(C)(O)C(C)(C)Nc1nc(Cl)ccc1C(=O)O. The molecule has 3 N–H and O–H groups in total. The fourth-order valence-corrected chi connectivity index (χ4v) is 1.30. The van der Waals surface area contributed by atoms with Crippen LogP contribution in [0.3, 0.4) is 0 Å². The van der Waals surface area contributed by atoms with Gasteiger partial charge in [-0.1, -0.05) is 11.6 Å². The van der Waals surface area contributed by atoms with E-state index in [4.69, 9.17) is 16.7 Å². The van der Waals surface area contributed by atoms with E-state index in [2.05, 4.69) is 10.3 Å². The summed E-state index contributed by atoms with van der Waals surface area (Å²) in [6.45, 7) is 6.76. The molecule has 0 amide bonds. The van der Waals surface area contributed by atoms with Crippen LogP contribution in [-0.2, 0) is 0 Å². The number of halogens is 1. The van der Waals surface area contributed by atoms with Crippen LogP contribution >= 0.6 is 11.6 Å². The Bertz CT molecular complexity index is 467. The van der Waals surface area contributed by atoms with E-state index >= 15 is 0 Å². The van der Waals surface area contributed by atoms with Gasteiger partial charge in [-0.05, 0) is 39.8 Å². The topological polar surface area (TPSA) is 82.5 Å². The molecule has 0 aliphatic carbocycles. The van der Waals surface area contributed by atoms with Crippen LogP contribution in [0.2, 0.25) is 5.15 Å². The molecule has 0 bridgehead atoms. The molecule has 18 heavy (non-hydrogen) atoms. The summed E-state index contributed by atoms with van der Waals surface area (Å²) in [5.41, 5.74) is -1.82. The van der Waals surface area contributed by atoms with Crippen molar-refractivity contribution < 1.29 is 15.0 Å². The van der Waals surface area contributed by atoms with Gasteiger partial charge < -0.3 is 15.5 Å². The van der Waals surface area contributed by atoms with Gasteiger partial charge in [0.2, 0.25) is 0 Å². The summed E-state index contributed by atoms with van der Waals surface area (Å²) < 4.78 is 0. The molecule has 1 rings (SSSR count). The lowest BCUT2D eigenvalue weighted by molar-refractivity contribution is 0.0237. The third-order valence-corrected chi connectivity index (χ3v) is 3.26. The standard InChI is InChI=1S/C12H17ClN2O3/c1-11(2,12(3,4)18)15-9-7(10(16)17)5-6-8(13)14-9/h5-6,18H,1-4H3,(H,14,15)(H,16,17). The molecule has 5 nitrogen and oxygen atoms in total. The largest absolute Gasteiger partial charge is 0.478 e. The van der Waals surface area contributed by atoms with Gasteiger partial charge in [0.1, 0.15) is 16.5 Å². The van der Waals surface area contributed by atoms with E-state index in [-0.39, 0.29) is 16.5 Å². The zero-order valence-electron chi connectivity index (χ0n) is 10.8. The molecule has 6 heteroatoms. The van der Waals surface area contributed by atoms with E-state index < -0.39 is 17.1 Å². The molecule has 0 unspecified atom stereocenters. The zero-order chi connectivity index (χ0) is 14.1. The van der Waals surface area contributed by atoms with E-state index in [1.807, 2.05) is 0 Å². The molecule has 0 spiro atoms. The Balaban J connectivity index is 3.18. The normalized spacial score (nSPS) is 12.3. The number of nitrogens with one attached hydrogen (secondary N) is 1. The van der Waals surface area contributed by atoms with Gasteiger partial charge in [0.05, 0.1) is 11.1 Å². The number of aliphatic hydroxyl groups is 1. The van der Waals surface area contributed by atoms with Gasteiger partial charge in [0.25, 0.3) is 0 Å². The van der Waals surface area contributed by atoms with E-state index in [1.54, 1.807) is 27.7 Å². The maximum Gasteiger partial charge on any atom is 0.339 e. The highest BCUT2D eigenvalue weighted by Gasteiger charge is 2.36. The Hall–Kier alpha value is -1.33. The van der Waals surface area contributed by atoms with Gasteiger partial charge in [0.15, 0.2) is 0 Å². The zero-order valence-corrected chi connectivity index (χ0v) is 11.5. The second kappa shape index (κ2) is 4.74. The number of carbonyl (C=O) groups is 1. The van der Waals surface area contributed by atoms with Crippen molar-refractivity contribution in [1.82, 2.24) is 4.98 Å². The minimum atomic E-state index is -1.10. The monoisotopic (exact) mass is 272 g/mol. The third-order valence-electron chi connectivity index (χ3n) is 3.05. The van der Waals surface area contributed by atoms with Crippen LogP contribution in [0.4, 0.5) is 5.82 Å². The summed E-state index contributed by atoms with van der Waals surface area (Å²) in [6, 6.07) is 2.79. The number of aromatic nitrogens is 1. The summed E-state index contributed by atoms with van der Waals surface area (Å²) in [5.74, 6) is -0.963. The molecule has 0 fully saturated rings. The van der Waals surface area contributed by atoms with E-state index in [0.29, 0.717) is 0 Å². The molecule has 0 saturated heterocycles.